The van der Waals surface area contributed by atoms with E-state index in [1.165, 1.54) is 12.1 Å². The molecule has 1 aliphatic rings. The highest BCUT2D eigenvalue weighted by Gasteiger charge is 2.35. The molecule has 1 N–H and O–H groups in total. The zero-order valence-electron chi connectivity index (χ0n) is 14.8. The van der Waals surface area contributed by atoms with Crippen LogP contribution in [0.4, 0.5) is 16.2 Å². The number of hydrogen-bond acceptors (Lipinski definition) is 4. The van der Waals surface area contributed by atoms with Gasteiger partial charge >= 0.3 is 6.03 Å². The topological polar surface area (TPSA) is 97.5 Å². The number of carbonyl (C=O) groups is 2. The lowest BCUT2D eigenvalue weighted by Crippen LogP contribution is -2.30. The van der Waals surface area contributed by atoms with E-state index in [0.717, 1.165) is 4.90 Å². The quantitative estimate of drug-likeness (QED) is 0.303. The van der Waals surface area contributed by atoms with E-state index in [2.05, 4.69) is 5.32 Å². The van der Waals surface area contributed by atoms with Crippen LogP contribution < -0.4 is 10.2 Å². The van der Waals surface area contributed by atoms with Gasteiger partial charge in [0, 0.05) is 34.7 Å². The van der Waals surface area contributed by atoms with Crippen molar-refractivity contribution in [3.05, 3.63) is 93.4 Å². The van der Waals surface area contributed by atoms with Gasteiger partial charge in [-0.3, -0.25) is 14.9 Å². The van der Waals surface area contributed by atoms with Gasteiger partial charge in [-0.25, -0.2) is 9.69 Å². The fourth-order valence-corrected chi connectivity index (χ4v) is 3.12. The molecule has 4 rings (SSSR count). The van der Waals surface area contributed by atoms with Gasteiger partial charge in [-0.1, -0.05) is 11.6 Å². The Morgan fingerprint density at radius 2 is 1.62 bits per heavy atom. The summed E-state index contributed by atoms with van der Waals surface area (Å²) >= 11 is 5.86. The minimum atomic E-state index is -0.558. The van der Waals surface area contributed by atoms with Crippen molar-refractivity contribution in [1.82, 2.24) is 9.88 Å². The van der Waals surface area contributed by atoms with Crippen LogP contribution in [0.5, 0.6) is 0 Å². The first-order chi connectivity index (χ1) is 13.9. The van der Waals surface area contributed by atoms with Gasteiger partial charge in [-0.2, -0.15) is 0 Å². The van der Waals surface area contributed by atoms with Crippen molar-refractivity contribution in [1.29, 1.82) is 0 Å². The second-order valence-corrected chi connectivity index (χ2v) is 6.62. The molecule has 0 spiro atoms. The Bertz CT molecular complexity index is 1150. The summed E-state index contributed by atoms with van der Waals surface area (Å²) in [4.78, 5) is 36.5. The molecule has 3 aromatic rings. The molecule has 3 amide bonds. The highest BCUT2D eigenvalue weighted by molar-refractivity contribution is 6.31. The molecule has 0 atom stereocenters. The number of nitrogens with zero attached hydrogens (tertiary/aromatic N) is 3. The summed E-state index contributed by atoms with van der Waals surface area (Å²) in [6.45, 7) is 0. The third-order valence-electron chi connectivity index (χ3n) is 4.37. The van der Waals surface area contributed by atoms with Crippen molar-refractivity contribution >= 4 is 41.0 Å². The van der Waals surface area contributed by atoms with Crippen LogP contribution in [0.25, 0.3) is 11.8 Å². The number of nitro benzene ring substituents is 1. The van der Waals surface area contributed by atoms with E-state index in [1.807, 2.05) is 0 Å². The predicted octanol–water partition coefficient (Wildman–Crippen LogP) is 4.14. The normalized spacial score (nSPS) is 15.1. The maximum atomic E-state index is 12.8. The number of hydrogen-bond donors (Lipinski definition) is 1. The number of rotatable bonds is 4. The van der Waals surface area contributed by atoms with E-state index in [1.54, 1.807) is 65.4 Å². The highest BCUT2D eigenvalue weighted by Crippen LogP contribution is 2.25. The lowest BCUT2D eigenvalue weighted by molar-refractivity contribution is -0.384. The number of nitrogens with one attached hydrogen (secondary N) is 1. The molecule has 1 aromatic heterocycles. The molecule has 0 radical (unpaired) electrons. The Balaban J connectivity index is 1.65. The Morgan fingerprint density at radius 3 is 2.28 bits per heavy atom. The number of non-ortho nitro benzene ring substituents is 1. The number of imide groups is 1. The SMILES string of the molecule is O=C1N/C(=C/c2cccn2-c2ccc([N+](=O)[O-])cc2)C(=O)N1c1ccc(Cl)cc1. The number of halogens is 1. The maximum Gasteiger partial charge on any atom is 0.333 e. The first kappa shape index (κ1) is 18.5. The molecule has 1 saturated heterocycles. The molecule has 2 heterocycles. The molecule has 2 aromatic carbocycles. The van der Waals surface area contributed by atoms with Crippen LogP contribution in [0, 0.1) is 10.1 Å². The van der Waals surface area contributed by atoms with Gasteiger partial charge < -0.3 is 9.88 Å². The zero-order chi connectivity index (χ0) is 20.5. The second kappa shape index (κ2) is 7.25. The third-order valence-corrected chi connectivity index (χ3v) is 4.63. The van der Waals surface area contributed by atoms with Gasteiger partial charge in [0.05, 0.1) is 10.6 Å². The molecule has 29 heavy (non-hydrogen) atoms. The van der Waals surface area contributed by atoms with E-state index in [4.69, 9.17) is 11.6 Å². The van der Waals surface area contributed by atoms with E-state index in [9.17, 15) is 19.7 Å². The van der Waals surface area contributed by atoms with Crippen LogP contribution in [0.1, 0.15) is 5.69 Å². The second-order valence-electron chi connectivity index (χ2n) is 6.18. The van der Waals surface area contributed by atoms with Crippen molar-refractivity contribution in [3.63, 3.8) is 0 Å². The highest BCUT2D eigenvalue weighted by atomic mass is 35.5. The first-order valence-corrected chi connectivity index (χ1v) is 8.87. The molecule has 8 nitrogen and oxygen atoms in total. The van der Waals surface area contributed by atoms with Gasteiger partial charge in [0.15, 0.2) is 0 Å². The van der Waals surface area contributed by atoms with E-state index >= 15 is 0 Å². The maximum absolute atomic E-state index is 12.8. The van der Waals surface area contributed by atoms with Gasteiger partial charge in [-0.15, -0.1) is 0 Å². The average Bonchev–Trinajstić information content (AvgIpc) is 3.27. The number of nitro groups is 1. The van der Waals surface area contributed by atoms with Gasteiger partial charge in [0.1, 0.15) is 5.70 Å². The number of benzene rings is 2. The van der Waals surface area contributed by atoms with Crippen molar-refractivity contribution in [2.75, 3.05) is 4.90 Å². The van der Waals surface area contributed by atoms with Crippen LogP contribution in [0.3, 0.4) is 0 Å². The molecule has 0 saturated carbocycles. The van der Waals surface area contributed by atoms with Gasteiger partial charge in [0.2, 0.25) is 0 Å². The van der Waals surface area contributed by atoms with Gasteiger partial charge in [-0.05, 0) is 54.6 Å². The van der Waals surface area contributed by atoms with E-state index in [0.29, 0.717) is 22.1 Å². The third kappa shape index (κ3) is 3.48. The summed E-state index contributed by atoms with van der Waals surface area (Å²) in [6, 6.07) is 15.4. The summed E-state index contributed by atoms with van der Waals surface area (Å²) in [6.07, 6.45) is 3.31. The Kier molecular flexibility index (Phi) is 4.61. The molecule has 1 aliphatic heterocycles. The molecule has 9 heteroatoms. The largest absolute Gasteiger partial charge is 0.333 e. The standard InChI is InChI=1S/C20H13ClN4O4/c21-13-3-5-15(6-4-13)24-19(26)18(22-20(24)27)12-17-2-1-11-23(17)14-7-9-16(10-8-14)25(28)29/h1-12H,(H,22,27)/b18-12+. The summed E-state index contributed by atoms with van der Waals surface area (Å²) in [7, 11) is 0. The van der Waals surface area contributed by atoms with Crippen molar-refractivity contribution < 1.29 is 14.5 Å². The number of aromatic nitrogens is 1. The minimum absolute atomic E-state index is 0.0161. The van der Waals surface area contributed by atoms with Crippen molar-refractivity contribution in [2.24, 2.45) is 0 Å². The molecular formula is C20H13ClN4O4. The lowest BCUT2D eigenvalue weighted by atomic mass is 10.2. The molecule has 1 fully saturated rings. The van der Waals surface area contributed by atoms with Gasteiger partial charge in [0.25, 0.3) is 11.6 Å². The van der Waals surface area contributed by atoms with Crippen LogP contribution in [-0.4, -0.2) is 21.4 Å². The van der Waals surface area contributed by atoms with Crippen LogP contribution >= 0.6 is 11.6 Å². The number of anilines is 1. The molecule has 0 unspecified atom stereocenters. The van der Waals surface area contributed by atoms with E-state index < -0.39 is 16.9 Å². The fourth-order valence-electron chi connectivity index (χ4n) is 2.99. The summed E-state index contributed by atoms with van der Waals surface area (Å²) in [5.74, 6) is -0.492. The fraction of sp³-hybridized carbons (Fsp3) is 0. The number of urea groups is 1. The predicted molar refractivity (Wildman–Crippen MR) is 108 cm³/mol. The van der Waals surface area contributed by atoms with Crippen LogP contribution in [-0.2, 0) is 4.79 Å². The van der Waals surface area contributed by atoms with Crippen LogP contribution in [0.2, 0.25) is 5.02 Å². The molecule has 0 aliphatic carbocycles. The van der Waals surface area contributed by atoms with Crippen LogP contribution in [0.15, 0.2) is 72.6 Å². The average molecular weight is 409 g/mol. The Labute approximate surface area is 169 Å². The molecule has 144 valence electrons. The summed E-state index contributed by atoms with van der Waals surface area (Å²) in [5.41, 5.74) is 1.81. The summed E-state index contributed by atoms with van der Waals surface area (Å²) < 4.78 is 1.75. The lowest BCUT2D eigenvalue weighted by Gasteiger charge is -2.11. The van der Waals surface area contributed by atoms with Crippen molar-refractivity contribution in [2.45, 2.75) is 0 Å². The molecule has 0 bridgehead atoms. The van der Waals surface area contributed by atoms with E-state index in [-0.39, 0.29) is 11.4 Å². The summed E-state index contributed by atoms with van der Waals surface area (Å²) in [5, 5.41) is 13.9. The molecular weight excluding hydrogens is 396 g/mol. The monoisotopic (exact) mass is 408 g/mol. The number of amides is 3. The first-order valence-electron chi connectivity index (χ1n) is 8.49. The minimum Gasteiger partial charge on any atom is -0.317 e. The van der Waals surface area contributed by atoms with Crippen molar-refractivity contribution in [3.8, 4) is 5.69 Å². The zero-order valence-corrected chi connectivity index (χ0v) is 15.5. The Morgan fingerprint density at radius 1 is 0.966 bits per heavy atom. The number of carbonyl (C=O) groups excluding carboxylic acids is 2. The smallest absolute Gasteiger partial charge is 0.317 e. The Hall–Kier alpha value is -3.91.